The van der Waals surface area contributed by atoms with Crippen molar-refractivity contribution >= 4 is 0 Å². The lowest BCUT2D eigenvalue weighted by molar-refractivity contribution is 0.0695. The Morgan fingerprint density at radius 1 is 0.905 bits per heavy atom. The number of methoxy groups -OCH3 is 3. The monoisotopic (exact) mass is 297 g/mol. The number of nitrogens with one attached hydrogen (secondary N) is 1. The van der Waals surface area contributed by atoms with Gasteiger partial charge in [0.05, 0.1) is 27.4 Å². The van der Waals surface area contributed by atoms with E-state index >= 15 is 0 Å². The van der Waals surface area contributed by atoms with Gasteiger partial charge >= 0.3 is 0 Å². The van der Waals surface area contributed by atoms with E-state index in [0.717, 1.165) is 44.0 Å². The molecule has 1 N–H and O–H groups in total. The van der Waals surface area contributed by atoms with Crippen LogP contribution in [0.15, 0.2) is 18.2 Å². The van der Waals surface area contributed by atoms with Crippen LogP contribution in [0.4, 0.5) is 0 Å². The van der Waals surface area contributed by atoms with Gasteiger partial charge in [0.15, 0.2) is 11.5 Å². The molecule has 5 nitrogen and oxygen atoms in total. The first-order chi connectivity index (χ1) is 10.3. The summed E-state index contributed by atoms with van der Waals surface area (Å²) in [5, 5.41) is 3.41. The second-order valence-corrected chi connectivity index (χ2v) is 4.65. The number of ether oxygens (including phenoxy) is 4. The average molecular weight is 297 g/mol. The van der Waals surface area contributed by atoms with Crippen molar-refractivity contribution in [2.45, 2.75) is 12.8 Å². The maximum absolute atomic E-state index is 5.40. The highest BCUT2D eigenvalue weighted by Gasteiger charge is 2.04. The van der Waals surface area contributed by atoms with E-state index in [0.29, 0.717) is 13.2 Å². The van der Waals surface area contributed by atoms with Gasteiger partial charge in [-0.05, 0) is 43.6 Å². The molecule has 0 aliphatic rings. The summed E-state index contributed by atoms with van der Waals surface area (Å²) in [5.74, 6) is 1.55. The van der Waals surface area contributed by atoms with Crippen LogP contribution in [0.2, 0.25) is 0 Å². The van der Waals surface area contributed by atoms with Crippen LogP contribution >= 0.6 is 0 Å². The normalized spacial score (nSPS) is 10.6. The van der Waals surface area contributed by atoms with Crippen molar-refractivity contribution in [3.05, 3.63) is 23.8 Å². The minimum Gasteiger partial charge on any atom is -0.493 e. The highest BCUT2D eigenvalue weighted by atomic mass is 16.5. The molecule has 0 aliphatic carbocycles. The van der Waals surface area contributed by atoms with Crippen molar-refractivity contribution < 1.29 is 18.9 Å². The van der Waals surface area contributed by atoms with E-state index in [1.807, 2.05) is 12.1 Å². The molecular weight excluding hydrogens is 270 g/mol. The maximum atomic E-state index is 5.40. The summed E-state index contributed by atoms with van der Waals surface area (Å²) in [6.07, 6.45) is 1.97. The molecule has 0 saturated heterocycles. The van der Waals surface area contributed by atoms with E-state index in [1.54, 1.807) is 21.3 Å². The minimum atomic E-state index is 0.659. The van der Waals surface area contributed by atoms with Crippen molar-refractivity contribution in [1.29, 1.82) is 0 Å². The summed E-state index contributed by atoms with van der Waals surface area (Å²) >= 11 is 0. The predicted molar refractivity (Wildman–Crippen MR) is 83.4 cm³/mol. The second kappa shape index (κ2) is 11.4. The van der Waals surface area contributed by atoms with Crippen LogP contribution in [0.5, 0.6) is 11.5 Å². The Hall–Kier alpha value is -1.30. The van der Waals surface area contributed by atoms with Crippen molar-refractivity contribution in [1.82, 2.24) is 5.32 Å². The first kappa shape index (κ1) is 17.8. The molecule has 0 aromatic heterocycles. The van der Waals surface area contributed by atoms with Gasteiger partial charge in [-0.2, -0.15) is 0 Å². The fourth-order valence-electron chi connectivity index (χ4n) is 1.94. The summed E-state index contributed by atoms with van der Waals surface area (Å²) in [7, 11) is 4.98. The lowest BCUT2D eigenvalue weighted by atomic mass is 10.1. The van der Waals surface area contributed by atoms with Gasteiger partial charge < -0.3 is 24.3 Å². The third-order valence-corrected chi connectivity index (χ3v) is 3.11. The topological polar surface area (TPSA) is 49.0 Å². The zero-order chi connectivity index (χ0) is 15.3. The van der Waals surface area contributed by atoms with E-state index in [4.69, 9.17) is 18.9 Å². The Bertz CT molecular complexity index is 385. The van der Waals surface area contributed by atoms with E-state index in [-0.39, 0.29) is 0 Å². The second-order valence-electron chi connectivity index (χ2n) is 4.65. The molecule has 0 bridgehead atoms. The SMILES string of the molecule is COCCOCCCNCCc1ccc(OC)c(OC)c1. The first-order valence-electron chi connectivity index (χ1n) is 7.30. The molecular formula is C16H27NO4. The van der Waals surface area contributed by atoms with Crippen LogP contribution < -0.4 is 14.8 Å². The highest BCUT2D eigenvalue weighted by molar-refractivity contribution is 5.42. The Morgan fingerprint density at radius 2 is 1.71 bits per heavy atom. The Kier molecular flexibility index (Phi) is 9.61. The molecule has 0 heterocycles. The highest BCUT2D eigenvalue weighted by Crippen LogP contribution is 2.27. The quantitative estimate of drug-likeness (QED) is 0.597. The Balaban J connectivity index is 2.12. The maximum Gasteiger partial charge on any atom is 0.160 e. The smallest absolute Gasteiger partial charge is 0.160 e. The molecule has 1 aromatic carbocycles. The van der Waals surface area contributed by atoms with Gasteiger partial charge in [-0.15, -0.1) is 0 Å². The molecule has 1 rings (SSSR count). The lowest BCUT2D eigenvalue weighted by Gasteiger charge is -2.10. The molecule has 21 heavy (non-hydrogen) atoms. The number of hydrogen-bond donors (Lipinski definition) is 1. The summed E-state index contributed by atoms with van der Waals surface area (Å²) < 4.78 is 20.8. The minimum absolute atomic E-state index is 0.659. The molecule has 1 aromatic rings. The zero-order valence-electron chi connectivity index (χ0n) is 13.3. The van der Waals surface area contributed by atoms with E-state index in [9.17, 15) is 0 Å². The van der Waals surface area contributed by atoms with Crippen LogP contribution in [0.3, 0.4) is 0 Å². The van der Waals surface area contributed by atoms with Crippen molar-refractivity contribution in [2.75, 3.05) is 54.2 Å². The molecule has 0 radical (unpaired) electrons. The van der Waals surface area contributed by atoms with Gasteiger partial charge in [0, 0.05) is 13.7 Å². The molecule has 0 unspecified atom stereocenters. The van der Waals surface area contributed by atoms with Crippen molar-refractivity contribution in [3.63, 3.8) is 0 Å². The Labute approximate surface area is 127 Å². The molecule has 120 valence electrons. The molecule has 5 heteroatoms. The fraction of sp³-hybridized carbons (Fsp3) is 0.625. The van der Waals surface area contributed by atoms with Gasteiger partial charge in [0.2, 0.25) is 0 Å². The predicted octanol–water partition coefficient (Wildman–Crippen LogP) is 1.89. The van der Waals surface area contributed by atoms with Crippen molar-refractivity contribution in [3.8, 4) is 11.5 Å². The summed E-state index contributed by atoms with van der Waals surface area (Å²) in [6, 6.07) is 6.03. The van der Waals surface area contributed by atoms with Gasteiger partial charge in [-0.25, -0.2) is 0 Å². The molecule has 0 fully saturated rings. The average Bonchev–Trinajstić information content (AvgIpc) is 2.53. The zero-order valence-corrected chi connectivity index (χ0v) is 13.3. The summed E-state index contributed by atoms with van der Waals surface area (Å²) in [5.41, 5.74) is 1.23. The van der Waals surface area contributed by atoms with E-state index in [2.05, 4.69) is 11.4 Å². The van der Waals surface area contributed by atoms with Crippen LogP contribution in [0, 0.1) is 0 Å². The number of benzene rings is 1. The van der Waals surface area contributed by atoms with Crippen LogP contribution in [0.25, 0.3) is 0 Å². The van der Waals surface area contributed by atoms with Crippen LogP contribution in [-0.2, 0) is 15.9 Å². The molecule has 0 amide bonds. The first-order valence-corrected chi connectivity index (χ1v) is 7.30. The number of rotatable bonds is 12. The Morgan fingerprint density at radius 3 is 2.43 bits per heavy atom. The third kappa shape index (κ3) is 7.32. The van der Waals surface area contributed by atoms with Gasteiger partial charge in [0.1, 0.15) is 0 Å². The van der Waals surface area contributed by atoms with Gasteiger partial charge in [-0.1, -0.05) is 6.07 Å². The van der Waals surface area contributed by atoms with E-state index < -0.39 is 0 Å². The lowest BCUT2D eigenvalue weighted by Crippen LogP contribution is -2.20. The fourth-order valence-corrected chi connectivity index (χ4v) is 1.94. The molecule has 0 spiro atoms. The van der Waals surface area contributed by atoms with Crippen LogP contribution in [-0.4, -0.2) is 54.2 Å². The molecule has 0 atom stereocenters. The van der Waals surface area contributed by atoms with E-state index in [1.165, 1.54) is 5.56 Å². The number of hydrogen-bond acceptors (Lipinski definition) is 5. The molecule has 0 saturated carbocycles. The van der Waals surface area contributed by atoms with Crippen molar-refractivity contribution in [2.24, 2.45) is 0 Å². The molecule has 0 aliphatic heterocycles. The standard InChI is InChI=1S/C16H27NO4/c1-18-11-12-21-10-4-8-17-9-7-14-5-6-15(19-2)16(13-14)20-3/h5-6,13,17H,4,7-12H2,1-3H3. The van der Waals surface area contributed by atoms with Gasteiger partial charge in [0.25, 0.3) is 0 Å². The summed E-state index contributed by atoms with van der Waals surface area (Å²) in [6.45, 7) is 4.00. The largest absolute Gasteiger partial charge is 0.493 e. The summed E-state index contributed by atoms with van der Waals surface area (Å²) in [4.78, 5) is 0. The van der Waals surface area contributed by atoms with Crippen LogP contribution in [0.1, 0.15) is 12.0 Å². The third-order valence-electron chi connectivity index (χ3n) is 3.11. The van der Waals surface area contributed by atoms with Gasteiger partial charge in [-0.3, -0.25) is 0 Å².